The monoisotopic (exact) mass is 614 g/mol. The number of nitrogens with zero attached hydrogens (tertiary/aromatic N) is 1. The number of aldehydes is 1. The van der Waals surface area contributed by atoms with Gasteiger partial charge >= 0.3 is 6.18 Å². The van der Waals surface area contributed by atoms with E-state index in [1.165, 1.54) is 0 Å². The van der Waals surface area contributed by atoms with Gasteiger partial charge in [-0.1, -0.05) is 27.4 Å². The van der Waals surface area contributed by atoms with E-state index in [0.717, 1.165) is 34.6 Å². The zero-order chi connectivity index (χ0) is 31.9. The van der Waals surface area contributed by atoms with Crippen molar-refractivity contribution < 1.29 is 35.6 Å². The molecule has 13 heteroatoms. The third kappa shape index (κ3) is 9.99. The number of rotatable bonds is 10. The van der Waals surface area contributed by atoms with E-state index < -0.39 is 28.4 Å². The molecule has 1 aromatic heterocycles. The van der Waals surface area contributed by atoms with Gasteiger partial charge in [0, 0.05) is 37.8 Å². The van der Waals surface area contributed by atoms with Gasteiger partial charge in [0.2, 0.25) is 16.3 Å². The largest absolute Gasteiger partial charge is 0.467 e. The summed E-state index contributed by atoms with van der Waals surface area (Å²) in [7, 11) is -1.45. The number of allylic oxidation sites excluding steroid dienone is 1. The van der Waals surface area contributed by atoms with Crippen molar-refractivity contribution in [2.24, 2.45) is 17.1 Å². The molecule has 0 bridgehead atoms. The molecule has 1 aromatic carbocycles. The van der Waals surface area contributed by atoms with Gasteiger partial charge in [-0.25, -0.2) is 12.7 Å². The Hall–Kier alpha value is -3.16. The highest BCUT2D eigenvalue weighted by molar-refractivity contribution is 7.89. The summed E-state index contributed by atoms with van der Waals surface area (Å²) in [6, 6.07) is 5.75. The maximum absolute atomic E-state index is 12.4. The predicted molar refractivity (Wildman–Crippen MR) is 158 cm³/mol. The Labute approximate surface area is 245 Å². The molecule has 0 spiro atoms. The quantitative estimate of drug-likeness (QED) is 0.319. The van der Waals surface area contributed by atoms with Crippen LogP contribution in [0.25, 0.3) is 16.7 Å². The van der Waals surface area contributed by atoms with Crippen LogP contribution in [-0.2, 0) is 21.4 Å². The van der Waals surface area contributed by atoms with Crippen LogP contribution in [0.2, 0.25) is 0 Å². The van der Waals surface area contributed by atoms with Crippen LogP contribution in [0.15, 0.2) is 35.5 Å². The van der Waals surface area contributed by atoms with E-state index >= 15 is 0 Å². The maximum Gasteiger partial charge on any atom is 0.446 e. The number of hydrogen-bond donors (Lipinski definition) is 3. The smallest absolute Gasteiger partial charge is 0.446 e. The number of sulfonamides is 1. The Kier molecular flexibility index (Phi) is 12.0. The van der Waals surface area contributed by atoms with Gasteiger partial charge in [-0.05, 0) is 60.4 Å². The number of amides is 1. The lowest BCUT2D eigenvalue weighted by Crippen LogP contribution is -2.39. The van der Waals surface area contributed by atoms with Crippen molar-refractivity contribution in [3.63, 3.8) is 0 Å². The summed E-state index contributed by atoms with van der Waals surface area (Å²) in [5.74, 6) is 0.468. The first kappa shape index (κ1) is 35.0. The summed E-state index contributed by atoms with van der Waals surface area (Å²) in [4.78, 5) is 21.1. The Bertz CT molecular complexity index is 1360. The Morgan fingerprint density at radius 1 is 1.14 bits per heavy atom. The average Bonchev–Trinajstić information content (AvgIpc) is 3.40. The molecule has 0 unspecified atom stereocenters. The molecule has 2 heterocycles. The van der Waals surface area contributed by atoms with Gasteiger partial charge in [-0.2, -0.15) is 13.2 Å². The van der Waals surface area contributed by atoms with Gasteiger partial charge in [-0.3, -0.25) is 9.59 Å². The number of furan rings is 1. The van der Waals surface area contributed by atoms with Crippen LogP contribution in [-0.4, -0.2) is 63.5 Å². The maximum atomic E-state index is 12.4. The Morgan fingerprint density at radius 2 is 1.71 bits per heavy atom. The Morgan fingerprint density at radius 3 is 2.19 bits per heavy atom. The van der Waals surface area contributed by atoms with E-state index in [0.29, 0.717) is 43.7 Å². The molecule has 42 heavy (non-hydrogen) atoms. The number of nitrogens with two attached hydrogens (primary N) is 1. The van der Waals surface area contributed by atoms with Crippen LogP contribution in [0.4, 0.5) is 18.9 Å². The number of benzene rings is 1. The zero-order valence-electron chi connectivity index (χ0n) is 24.7. The fourth-order valence-corrected chi connectivity index (χ4v) is 5.73. The summed E-state index contributed by atoms with van der Waals surface area (Å²) < 4.78 is 63.1. The minimum Gasteiger partial charge on any atom is -0.467 e. The van der Waals surface area contributed by atoms with Crippen molar-refractivity contribution in [3.05, 3.63) is 47.9 Å². The van der Waals surface area contributed by atoms with E-state index in [4.69, 9.17) is 14.9 Å². The molecule has 9 nitrogen and oxygen atoms in total. The van der Waals surface area contributed by atoms with E-state index in [2.05, 4.69) is 38.0 Å². The van der Waals surface area contributed by atoms with Gasteiger partial charge in [0.1, 0.15) is 5.76 Å². The summed E-state index contributed by atoms with van der Waals surface area (Å²) >= 11 is 0. The van der Waals surface area contributed by atoms with Gasteiger partial charge in [0.15, 0.2) is 0 Å². The lowest BCUT2D eigenvalue weighted by molar-refractivity contribution is -0.156. The number of anilines is 1. The second-order valence-electron chi connectivity index (χ2n) is 11.3. The molecule has 0 aliphatic carbocycles. The molecule has 1 amide bonds. The van der Waals surface area contributed by atoms with E-state index in [1.807, 2.05) is 12.1 Å². The summed E-state index contributed by atoms with van der Waals surface area (Å²) in [5.41, 5.74) is 10.3. The first-order valence-corrected chi connectivity index (χ1v) is 15.2. The highest BCUT2D eigenvalue weighted by Crippen LogP contribution is 2.39. The molecule has 1 fully saturated rings. The highest BCUT2D eigenvalue weighted by atomic mass is 32.2. The second-order valence-corrected chi connectivity index (χ2v) is 13.5. The standard InChI is InChI=1S/C27H40N4O4S.C2HF3O/c1-7-36(33,34)31-10-8-19(9-11-31)18(2)23-13-20(14-24(26(28)32)25(23)29-6)21-12-22(35-16-21)15-30-17-27(3,4)5;3-2(4,5)1-6/h12-14,16,19,29-30H,2,7-11,15,17H2,1,3-6H3,(H2,28,32);1H. The summed E-state index contributed by atoms with van der Waals surface area (Å²) in [6.07, 6.45) is -2.67. The minimum absolute atomic E-state index is 0.0953. The number of hydrogen-bond acceptors (Lipinski definition) is 7. The molecule has 0 radical (unpaired) electrons. The second kappa shape index (κ2) is 14.3. The number of carbonyl (C=O) groups is 2. The van der Waals surface area contributed by atoms with E-state index in [1.54, 1.807) is 30.6 Å². The van der Waals surface area contributed by atoms with Gasteiger partial charge in [-0.15, -0.1) is 0 Å². The molecule has 234 valence electrons. The fourth-order valence-electron chi connectivity index (χ4n) is 4.60. The number of primary amides is 1. The molecule has 0 saturated carbocycles. The Balaban J connectivity index is 0.000000928. The molecule has 3 rings (SSSR count). The van der Waals surface area contributed by atoms with Gasteiger partial charge in [0.25, 0.3) is 5.91 Å². The third-order valence-electron chi connectivity index (χ3n) is 6.78. The molecule has 1 aliphatic rings. The highest BCUT2D eigenvalue weighted by Gasteiger charge is 2.30. The molecule has 4 N–H and O–H groups in total. The van der Waals surface area contributed by atoms with Crippen molar-refractivity contribution in [2.75, 3.05) is 37.8 Å². The fraction of sp³-hybridized carbons (Fsp3) is 0.517. The van der Waals surface area contributed by atoms with Crippen molar-refractivity contribution in [2.45, 2.75) is 53.3 Å². The van der Waals surface area contributed by atoms with Crippen LogP contribution in [0.5, 0.6) is 0 Å². The van der Waals surface area contributed by atoms with Crippen LogP contribution >= 0.6 is 0 Å². The van der Waals surface area contributed by atoms with Crippen LogP contribution in [0.3, 0.4) is 0 Å². The SMILES string of the molecule is C=C(c1cc(-c2coc(CNCC(C)(C)C)c2)cc(C(N)=O)c1NC)C1CCN(S(=O)(=O)CC)CC1.O=CC(F)(F)F. The number of halogens is 3. The minimum atomic E-state index is -4.64. The molecular weight excluding hydrogens is 573 g/mol. The van der Waals surface area contributed by atoms with Gasteiger partial charge in [0.05, 0.1) is 29.8 Å². The zero-order valence-corrected chi connectivity index (χ0v) is 25.5. The molecule has 1 saturated heterocycles. The topological polar surface area (TPSA) is 135 Å². The normalized spacial score (nSPS) is 15.0. The van der Waals surface area contributed by atoms with Crippen molar-refractivity contribution in [1.82, 2.24) is 9.62 Å². The lowest BCUT2D eigenvalue weighted by atomic mass is 9.84. The number of alkyl halides is 3. The first-order valence-electron chi connectivity index (χ1n) is 13.6. The van der Waals surface area contributed by atoms with Crippen LogP contribution < -0.4 is 16.4 Å². The summed E-state index contributed by atoms with van der Waals surface area (Å²) in [5, 5.41) is 6.54. The van der Waals surface area contributed by atoms with Crippen LogP contribution in [0, 0.1) is 11.3 Å². The van der Waals surface area contributed by atoms with E-state index in [-0.39, 0.29) is 17.1 Å². The molecule has 2 aromatic rings. The average molecular weight is 615 g/mol. The molecule has 1 aliphatic heterocycles. The van der Waals surface area contributed by atoms with Crippen molar-refractivity contribution in [3.8, 4) is 11.1 Å². The number of piperidine rings is 1. The number of nitrogens with one attached hydrogen (secondary N) is 2. The van der Waals surface area contributed by atoms with Gasteiger partial charge < -0.3 is 20.8 Å². The summed E-state index contributed by atoms with van der Waals surface area (Å²) in [6.45, 7) is 14.9. The van der Waals surface area contributed by atoms with Crippen molar-refractivity contribution in [1.29, 1.82) is 0 Å². The van der Waals surface area contributed by atoms with E-state index in [9.17, 15) is 26.4 Å². The lowest BCUT2D eigenvalue weighted by Gasteiger charge is -2.32. The molecule has 0 atom stereocenters. The van der Waals surface area contributed by atoms with Crippen LogP contribution in [0.1, 0.15) is 62.2 Å². The number of carbonyl (C=O) groups excluding carboxylic acids is 2. The predicted octanol–water partition coefficient (Wildman–Crippen LogP) is 5.05. The molecular formula is C29H41F3N4O5S. The van der Waals surface area contributed by atoms with Crippen molar-refractivity contribution >= 4 is 33.5 Å². The third-order valence-corrected chi connectivity index (χ3v) is 8.66. The first-order chi connectivity index (χ1) is 19.4.